The molecule has 1 aromatic rings. The highest BCUT2D eigenvalue weighted by atomic mass is 16.5. The third-order valence-electron chi connectivity index (χ3n) is 2.47. The van der Waals surface area contributed by atoms with Crippen molar-refractivity contribution in [1.82, 2.24) is 14.9 Å². The minimum Gasteiger partial charge on any atom is -0.369 e. The third-order valence-corrected chi connectivity index (χ3v) is 2.47. The Morgan fingerprint density at radius 3 is 3.36 bits per heavy atom. The van der Waals surface area contributed by atoms with E-state index in [4.69, 9.17) is 4.74 Å². The summed E-state index contributed by atoms with van der Waals surface area (Å²) in [4.78, 5) is 4.17. The number of morpholine rings is 1. The Morgan fingerprint density at radius 1 is 1.71 bits per heavy atom. The lowest BCUT2D eigenvalue weighted by Gasteiger charge is -2.24. The summed E-state index contributed by atoms with van der Waals surface area (Å²) in [5.74, 6) is 0. The van der Waals surface area contributed by atoms with Crippen molar-refractivity contribution >= 4 is 0 Å². The van der Waals surface area contributed by atoms with Gasteiger partial charge in [0.1, 0.15) is 6.10 Å². The monoisotopic (exact) mass is 195 g/mol. The van der Waals surface area contributed by atoms with Crippen molar-refractivity contribution in [3.63, 3.8) is 0 Å². The number of imidazole rings is 1. The van der Waals surface area contributed by atoms with E-state index >= 15 is 0 Å². The molecule has 2 rings (SSSR count). The average molecular weight is 195 g/mol. The van der Waals surface area contributed by atoms with Gasteiger partial charge in [0.15, 0.2) is 0 Å². The van der Waals surface area contributed by atoms with Gasteiger partial charge in [0.2, 0.25) is 0 Å². The van der Waals surface area contributed by atoms with Crippen molar-refractivity contribution in [2.24, 2.45) is 0 Å². The molecule has 0 aromatic carbocycles. The first-order valence-corrected chi connectivity index (χ1v) is 5.24. The van der Waals surface area contributed by atoms with Gasteiger partial charge in [-0.05, 0) is 6.42 Å². The van der Waals surface area contributed by atoms with Crippen LogP contribution in [-0.2, 0) is 11.3 Å². The van der Waals surface area contributed by atoms with Gasteiger partial charge in [0.25, 0.3) is 0 Å². The predicted octanol–water partition coefficient (Wildman–Crippen LogP) is 0.954. The molecule has 2 heterocycles. The predicted molar refractivity (Wildman–Crippen MR) is 54.1 cm³/mol. The lowest BCUT2D eigenvalue weighted by Crippen LogP contribution is -2.34. The van der Waals surface area contributed by atoms with E-state index in [1.807, 2.05) is 12.5 Å². The van der Waals surface area contributed by atoms with Crippen molar-refractivity contribution in [2.75, 3.05) is 19.7 Å². The molecule has 0 saturated carbocycles. The van der Waals surface area contributed by atoms with E-state index < -0.39 is 0 Å². The van der Waals surface area contributed by atoms with Crippen molar-refractivity contribution in [2.45, 2.75) is 26.0 Å². The molecule has 0 bridgehead atoms. The number of hydrogen-bond acceptors (Lipinski definition) is 3. The summed E-state index contributed by atoms with van der Waals surface area (Å²) in [7, 11) is 0. The topological polar surface area (TPSA) is 39.1 Å². The smallest absolute Gasteiger partial charge is 0.111 e. The minimum absolute atomic E-state index is 0.179. The normalized spacial score (nSPS) is 22.5. The summed E-state index contributed by atoms with van der Waals surface area (Å²) >= 11 is 0. The summed E-state index contributed by atoms with van der Waals surface area (Å²) in [5.41, 5.74) is 1.19. The zero-order chi connectivity index (χ0) is 9.80. The molecule has 4 heteroatoms. The number of aromatic nitrogens is 2. The highest BCUT2D eigenvalue weighted by Crippen LogP contribution is 2.18. The quantitative estimate of drug-likeness (QED) is 0.780. The first-order chi connectivity index (χ1) is 6.92. The molecule has 0 amide bonds. The molecule has 4 nitrogen and oxygen atoms in total. The van der Waals surface area contributed by atoms with Crippen molar-refractivity contribution < 1.29 is 4.74 Å². The third kappa shape index (κ3) is 1.96. The molecule has 78 valence electrons. The largest absolute Gasteiger partial charge is 0.369 e. The molecule has 1 N–H and O–H groups in total. The molecule has 14 heavy (non-hydrogen) atoms. The maximum atomic E-state index is 5.69. The van der Waals surface area contributed by atoms with Crippen LogP contribution >= 0.6 is 0 Å². The average Bonchev–Trinajstić information content (AvgIpc) is 2.68. The van der Waals surface area contributed by atoms with Gasteiger partial charge in [0.05, 0.1) is 24.8 Å². The van der Waals surface area contributed by atoms with Crippen molar-refractivity contribution in [1.29, 1.82) is 0 Å². The van der Waals surface area contributed by atoms with Gasteiger partial charge in [0, 0.05) is 19.6 Å². The molecule has 1 unspecified atom stereocenters. The van der Waals surface area contributed by atoms with E-state index in [9.17, 15) is 0 Å². The van der Waals surface area contributed by atoms with Gasteiger partial charge >= 0.3 is 0 Å². The Morgan fingerprint density at radius 2 is 2.64 bits per heavy atom. The van der Waals surface area contributed by atoms with E-state index in [1.54, 1.807) is 0 Å². The van der Waals surface area contributed by atoms with Gasteiger partial charge in [-0.15, -0.1) is 0 Å². The Bertz CT molecular complexity index is 279. The summed E-state index contributed by atoms with van der Waals surface area (Å²) in [6.45, 7) is 5.84. The van der Waals surface area contributed by atoms with Crippen LogP contribution in [0.25, 0.3) is 0 Å². The van der Waals surface area contributed by atoms with Crippen LogP contribution in [0.1, 0.15) is 25.1 Å². The lowest BCUT2D eigenvalue weighted by molar-refractivity contribution is 0.0227. The van der Waals surface area contributed by atoms with E-state index in [1.165, 1.54) is 5.69 Å². The van der Waals surface area contributed by atoms with Crippen LogP contribution in [0.2, 0.25) is 0 Å². The van der Waals surface area contributed by atoms with Gasteiger partial charge < -0.3 is 14.6 Å². The van der Waals surface area contributed by atoms with E-state index in [0.29, 0.717) is 0 Å². The molecule has 1 saturated heterocycles. The van der Waals surface area contributed by atoms with Crippen LogP contribution in [0.4, 0.5) is 0 Å². The second kappa shape index (κ2) is 4.57. The molecule has 1 atom stereocenters. The fourth-order valence-corrected chi connectivity index (χ4v) is 1.78. The Kier molecular flexibility index (Phi) is 3.16. The Labute approximate surface area is 84.3 Å². The number of hydrogen-bond donors (Lipinski definition) is 1. The zero-order valence-corrected chi connectivity index (χ0v) is 8.57. The summed E-state index contributed by atoms with van der Waals surface area (Å²) in [6, 6.07) is 0. The Balaban J connectivity index is 2.09. The molecular formula is C10H17N3O. The number of nitrogens with zero attached hydrogens (tertiary/aromatic N) is 2. The second-order valence-corrected chi connectivity index (χ2v) is 3.58. The van der Waals surface area contributed by atoms with Gasteiger partial charge in [-0.1, -0.05) is 6.92 Å². The van der Waals surface area contributed by atoms with E-state index in [-0.39, 0.29) is 6.10 Å². The fourth-order valence-electron chi connectivity index (χ4n) is 1.78. The summed E-state index contributed by atoms with van der Waals surface area (Å²) < 4.78 is 7.86. The highest BCUT2D eigenvalue weighted by Gasteiger charge is 2.18. The first kappa shape index (κ1) is 9.68. The molecule has 0 radical (unpaired) electrons. The number of ether oxygens (including phenoxy) is 1. The standard InChI is InChI=1S/C10H17N3O/c1-2-4-13-8-12-6-9(13)10-7-11-3-5-14-10/h6,8,10-11H,2-5,7H2,1H3. The van der Waals surface area contributed by atoms with Crippen LogP contribution in [0.3, 0.4) is 0 Å². The summed E-state index contributed by atoms with van der Waals surface area (Å²) in [5, 5.41) is 3.33. The van der Waals surface area contributed by atoms with Crippen LogP contribution in [0, 0.1) is 0 Å². The Hall–Kier alpha value is -0.870. The zero-order valence-electron chi connectivity index (χ0n) is 8.57. The molecule has 1 aliphatic heterocycles. The molecular weight excluding hydrogens is 178 g/mol. The van der Waals surface area contributed by atoms with Gasteiger partial charge in [-0.3, -0.25) is 0 Å². The highest BCUT2D eigenvalue weighted by molar-refractivity contribution is 5.04. The van der Waals surface area contributed by atoms with Crippen LogP contribution in [-0.4, -0.2) is 29.2 Å². The fraction of sp³-hybridized carbons (Fsp3) is 0.700. The minimum atomic E-state index is 0.179. The maximum Gasteiger partial charge on any atom is 0.111 e. The van der Waals surface area contributed by atoms with Gasteiger partial charge in [-0.2, -0.15) is 0 Å². The van der Waals surface area contributed by atoms with Crippen LogP contribution < -0.4 is 5.32 Å². The second-order valence-electron chi connectivity index (χ2n) is 3.58. The van der Waals surface area contributed by atoms with E-state index in [0.717, 1.165) is 32.7 Å². The van der Waals surface area contributed by atoms with Crippen molar-refractivity contribution in [3.8, 4) is 0 Å². The van der Waals surface area contributed by atoms with Crippen LogP contribution in [0.15, 0.2) is 12.5 Å². The molecule has 0 spiro atoms. The molecule has 1 aliphatic rings. The van der Waals surface area contributed by atoms with E-state index in [2.05, 4.69) is 21.8 Å². The number of nitrogens with one attached hydrogen (secondary N) is 1. The molecule has 0 aliphatic carbocycles. The summed E-state index contributed by atoms with van der Waals surface area (Å²) in [6.07, 6.45) is 5.10. The maximum absolute atomic E-state index is 5.69. The SMILES string of the molecule is CCCn1cncc1C1CNCCO1. The number of rotatable bonds is 3. The molecule has 1 aromatic heterocycles. The van der Waals surface area contributed by atoms with Crippen molar-refractivity contribution in [3.05, 3.63) is 18.2 Å². The number of aryl methyl sites for hydroxylation is 1. The first-order valence-electron chi connectivity index (χ1n) is 5.24. The van der Waals surface area contributed by atoms with Crippen LogP contribution in [0.5, 0.6) is 0 Å². The van der Waals surface area contributed by atoms with Gasteiger partial charge in [-0.25, -0.2) is 4.98 Å². The lowest BCUT2D eigenvalue weighted by atomic mass is 10.2. The molecule has 1 fully saturated rings.